The summed E-state index contributed by atoms with van der Waals surface area (Å²) in [5, 5.41) is 6.13. The molecule has 0 aliphatic rings. The number of carbonyl (C=O) groups excluding carboxylic acids is 1. The van der Waals surface area contributed by atoms with Crippen LogP contribution in [0.2, 0.25) is 0 Å². The summed E-state index contributed by atoms with van der Waals surface area (Å²) in [5.41, 5.74) is 9.99. The Balaban J connectivity index is 1.56. The minimum Gasteiger partial charge on any atom is -0.495 e. The first-order valence-corrected chi connectivity index (χ1v) is 8.95. The first-order valence-electron chi connectivity index (χ1n) is 8.95. The fraction of sp³-hybridized carbons (Fsp3) is 0.0870. The highest BCUT2D eigenvalue weighted by molar-refractivity contribution is 6.03. The average Bonchev–Trinajstić information content (AvgIpc) is 2.73. The van der Waals surface area contributed by atoms with Crippen molar-refractivity contribution in [2.45, 2.75) is 6.54 Å². The van der Waals surface area contributed by atoms with Crippen molar-refractivity contribution in [3.05, 3.63) is 90.0 Å². The first kappa shape index (κ1) is 19.0. The molecule has 5 heteroatoms. The van der Waals surface area contributed by atoms with E-state index >= 15 is 0 Å². The Labute approximate surface area is 164 Å². The number of hydrogen-bond acceptors (Lipinski definition) is 4. The van der Waals surface area contributed by atoms with Gasteiger partial charge in [0.05, 0.1) is 24.2 Å². The number of benzene rings is 3. The van der Waals surface area contributed by atoms with Crippen molar-refractivity contribution in [2.24, 2.45) is 0 Å². The van der Waals surface area contributed by atoms with Gasteiger partial charge in [0.1, 0.15) is 5.75 Å². The average molecular weight is 373 g/mol. The Bertz CT molecular complexity index is 966. The largest absolute Gasteiger partial charge is 0.495 e. The maximum Gasteiger partial charge on any atom is 0.248 e. The van der Waals surface area contributed by atoms with E-state index in [2.05, 4.69) is 10.6 Å². The van der Waals surface area contributed by atoms with E-state index in [1.807, 2.05) is 60.7 Å². The number of nitrogens with two attached hydrogens (primary N) is 1. The van der Waals surface area contributed by atoms with E-state index in [9.17, 15) is 4.79 Å². The maximum absolute atomic E-state index is 12.0. The van der Waals surface area contributed by atoms with Gasteiger partial charge in [-0.15, -0.1) is 0 Å². The fourth-order valence-electron chi connectivity index (χ4n) is 2.69. The molecule has 28 heavy (non-hydrogen) atoms. The molecule has 0 atom stereocenters. The van der Waals surface area contributed by atoms with Gasteiger partial charge >= 0.3 is 0 Å². The lowest BCUT2D eigenvalue weighted by Crippen LogP contribution is -2.09. The number of amides is 1. The van der Waals surface area contributed by atoms with Crippen molar-refractivity contribution in [3.63, 3.8) is 0 Å². The van der Waals surface area contributed by atoms with Crippen LogP contribution in [0.4, 0.5) is 17.1 Å². The van der Waals surface area contributed by atoms with E-state index < -0.39 is 0 Å². The third-order valence-electron chi connectivity index (χ3n) is 4.22. The highest BCUT2D eigenvalue weighted by Gasteiger charge is 2.02. The lowest BCUT2D eigenvalue weighted by Gasteiger charge is -2.11. The van der Waals surface area contributed by atoms with Gasteiger partial charge in [0.15, 0.2) is 0 Å². The Kier molecular flexibility index (Phi) is 6.31. The van der Waals surface area contributed by atoms with E-state index in [4.69, 9.17) is 10.5 Å². The van der Waals surface area contributed by atoms with Crippen LogP contribution >= 0.6 is 0 Å². The predicted octanol–water partition coefficient (Wildman–Crippen LogP) is 4.54. The summed E-state index contributed by atoms with van der Waals surface area (Å²) in [6.07, 6.45) is 3.26. The molecule has 142 valence electrons. The van der Waals surface area contributed by atoms with E-state index in [0.29, 0.717) is 17.9 Å². The number of methoxy groups -OCH3 is 1. The van der Waals surface area contributed by atoms with Gasteiger partial charge in [0, 0.05) is 12.6 Å². The van der Waals surface area contributed by atoms with Crippen LogP contribution in [0.5, 0.6) is 5.75 Å². The fourth-order valence-corrected chi connectivity index (χ4v) is 2.69. The number of carbonyl (C=O) groups is 1. The maximum atomic E-state index is 12.0. The van der Waals surface area contributed by atoms with Crippen molar-refractivity contribution in [3.8, 4) is 5.75 Å². The van der Waals surface area contributed by atoms with E-state index in [1.165, 1.54) is 6.08 Å². The number of para-hydroxylation sites is 4. The molecule has 0 saturated heterocycles. The standard InChI is InChI=1S/C23H23N3O2/c1-28-22-9-5-4-8-21(22)25-16-18-12-10-17(11-13-18)14-15-23(27)26-20-7-3-2-6-19(20)24/h2-15,25H,16,24H2,1H3,(H,26,27)/b15-14+. The topological polar surface area (TPSA) is 76.4 Å². The molecule has 3 aromatic rings. The lowest BCUT2D eigenvalue weighted by molar-refractivity contribution is -0.111. The van der Waals surface area contributed by atoms with Crippen LogP contribution in [0.3, 0.4) is 0 Å². The molecule has 5 nitrogen and oxygen atoms in total. The summed E-state index contributed by atoms with van der Waals surface area (Å²) in [6.45, 7) is 0.679. The minimum absolute atomic E-state index is 0.222. The SMILES string of the molecule is COc1ccccc1NCc1ccc(/C=C/C(=O)Nc2ccccc2N)cc1. The Morgan fingerprint density at radius 1 is 0.964 bits per heavy atom. The predicted molar refractivity (Wildman–Crippen MR) is 115 cm³/mol. The molecule has 0 unspecified atom stereocenters. The van der Waals surface area contributed by atoms with E-state index in [1.54, 1.807) is 25.3 Å². The van der Waals surface area contributed by atoms with Crippen LogP contribution in [0, 0.1) is 0 Å². The molecule has 0 bridgehead atoms. The molecule has 0 saturated carbocycles. The molecular formula is C23H23N3O2. The molecule has 0 fully saturated rings. The van der Waals surface area contributed by atoms with Crippen molar-refractivity contribution in [1.82, 2.24) is 0 Å². The molecule has 3 aromatic carbocycles. The molecule has 0 aromatic heterocycles. The highest BCUT2D eigenvalue weighted by atomic mass is 16.5. The van der Waals surface area contributed by atoms with Gasteiger partial charge in [-0.25, -0.2) is 0 Å². The smallest absolute Gasteiger partial charge is 0.248 e. The van der Waals surface area contributed by atoms with E-state index in [-0.39, 0.29) is 5.91 Å². The third kappa shape index (κ3) is 5.14. The summed E-state index contributed by atoms with van der Waals surface area (Å²) in [6, 6.07) is 23.0. The second kappa shape index (κ2) is 9.28. The molecule has 0 radical (unpaired) electrons. The second-order valence-electron chi connectivity index (χ2n) is 6.21. The summed E-state index contributed by atoms with van der Waals surface area (Å²) >= 11 is 0. The zero-order chi connectivity index (χ0) is 19.8. The lowest BCUT2D eigenvalue weighted by atomic mass is 10.1. The molecule has 0 spiro atoms. The van der Waals surface area contributed by atoms with Gasteiger partial charge in [0.2, 0.25) is 5.91 Å². The van der Waals surface area contributed by atoms with Crippen LogP contribution in [0.25, 0.3) is 6.08 Å². The van der Waals surface area contributed by atoms with Gasteiger partial charge in [-0.1, -0.05) is 48.5 Å². The van der Waals surface area contributed by atoms with Crippen molar-refractivity contribution in [2.75, 3.05) is 23.5 Å². The second-order valence-corrected chi connectivity index (χ2v) is 6.21. The molecule has 3 rings (SSSR count). The van der Waals surface area contributed by atoms with Gasteiger partial charge in [0.25, 0.3) is 0 Å². The van der Waals surface area contributed by atoms with Crippen LogP contribution in [0.1, 0.15) is 11.1 Å². The Hall–Kier alpha value is -3.73. The van der Waals surface area contributed by atoms with Crippen LogP contribution in [-0.4, -0.2) is 13.0 Å². The number of rotatable bonds is 7. The highest BCUT2D eigenvalue weighted by Crippen LogP contribution is 2.23. The number of anilines is 3. The molecule has 0 aliphatic heterocycles. The zero-order valence-electron chi connectivity index (χ0n) is 15.7. The Morgan fingerprint density at radius 2 is 1.64 bits per heavy atom. The minimum atomic E-state index is -0.222. The third-order valence-corrected chi connectivity index (χ3v) is 4.22. The molecule has 1 amide bonds. The van der Waals surface area contributed by atoms with Crippen LogP contribution < -0.4 is 21.1 Å². The quantitative estimate of drug-likeness (QED) is 0.420. The first-order chi connectivity index (χ1) is 13.7. The van der Waals surface area contributed by atoms with Gasteiger partial charge in [-0.2, -0.15) is 0 Å². The zero-order valence-corrected chi connectivity index (χ0v) is 15.7. The van der Waals surface area contributed by atoms with Crippen LogP contribution in [0.15, 0.2) is 78.9 Å². The van der Waals surface area contributed by atoms with Gasteiger partial charge < -0.3 is 21.1 Å². The molecular weight excluding hydrogens is 350 g/mol. The number of nitrogen functional groups attached to an aromatic ring is 1. The van der Waals surface area contributed by atoms with Crippen molar-refractivity contribution >= 4 is 29.0 Å². The van der Waals surface area contributed by atoms with Gasteiger partial charge in [-0.3, -0.25) is 4.79 Å². The summed E-state index contributed by atoms with van der Waals surface area (Å²) in [5.74, 6) is 0.590. The number of ether oxygens (including phenoxy) is 1. The number of hydrogen-bond donors (Lipinski definition) is 3. The van der Waals surface area contributed by atoms with Crippen molar-refractivity contribution in [1.29, 1.82) is 0 Å². The Morgan fingerprint density at radius 3 is 2.36 bits per heavy atom. The molecule has 4 N–H and O–H groups in total. The molecule has 0 heterocycles. The monoisotopic (exact) mass is 373 g/mol. The normalized spacial score (nSPS) is 10.6. The van der Waals surface area contributed by atoms with Gasteiger partial charge in [-0.05, 0) is 41.5 Å². The van der Waals surface area contributed by atoms with E-state index in [0.717, 1.165) is 22.6 Å². The summed E-state index contributed by atoms with van der Waals surface area (Å²) in [4.78, 5) is 12.0. The van der Waals surface area contributed by atoms with Crippen LogP contribution in [-0.2, 0) is 11.3 Å². The summed E-state index contributed by atoms with van der Waals surface area (Å²) in [7, 11) is 1.66. The summed E-state index contributed by atoms with van der Waals surface area (Å²) < 4.78 is 5.34. The number of nitrogens with one attached hydrogen (secondary N) is 2. The van der Waals surface area contributed by atoms with Crippen molar-refractivity contribution < 1.29 is 9.53 Å². The molecule has 0 aliphatic carbocycles.